The molecule has 0 bridgehead atoms. The van der Waals surface area contributed by atoms with E-state index in [-0.39, 0.29) is 6.61 Å². The highest BCUT2D eigenvalue weighted by molar-refractivity contribution is 4.92. The zero-order valence-corrected chi connectivity index (χ0v) is 10.9. The Kier molecular flexibility index (Phi) is 5.10. The van der Waals surface area contributed by atoms with Gasteiger partial charge in [0.15, 0.2) is 0 Å². The number of nitrogens with zero attached hydrogens (tertiary/aromatic N) is 3. The molecule has 2 unspecified atom stereocenters. The number of aryl methyl sites for hydroxylation is 1. The lowest BCUT2D eigenvalue weighted by Crippen LogP contribution is -2.36. The molecule has 6 nitrogen and oxygen atoms in total. The van der Waals surface area contributed by atoms with Crippen molar-refractivity contribution in [2.75, 3.05) is 13.2 Å². The van der Waals surface area contributed by atoms with Gasteiger partial charge in [-0.25, -0.2) is 0 Å². The molecule has 1 aromatic heterocycles. The van der Waals surface area contributed by atoms with Crippen molar-refractivity contribution in [2.24, 2.45) is 0 Å². The van der Waals surface area contributed by atoms with Gasteiger partial charge in [-0.1, -0.05) is 5.21 Å². The first-order valence-electron chi connectivity index (χ1n) is 6.64. The fourth-order valence-corrected chi connectivity index (χ4v) is 2.16. The molecule has 1 aliphatic rings. The van der Waals surface area contributed by atoms with E-state index in [4.69, 9.17) is 9.84 Å². The molecule has 2 N–H and O–H groups in total. The summed E-state index contributed by atoms with van der Waals surface area (Å²) in [6.45, 7) is 4.63. The lowest BCUT2D eigenvalue weighted by atomic mass is 10.1. The number of rotatable bonds is 7. The summed E-state index contributed by atoms with van der Waals surface area (Å²) in [6.07, 6.45) is 5.26. The third-order valence-corrected chi connectivity index (χ3v) is 3.26. The van der Waals surface area contributed by atoms with E-state index in [1.165, 1.54) is 0 Å². The van der Waals surface area contributed by atoms with Crippen LogP contribution in [0.4, 0.5) is 0 Å². The predicted octanol–water partition coefficient (Wildman–Crippen LogP) is 0.318. The zero-order valence-electron chi connectivity index (χ0n) is 10.9. The highest BCUT2D eigenvalue weighted by Crippen LogP contribution is 2.15. The second kappa shape index (κ2) is 6.82. The minimum absolute atomic E-state index is 0.184. The summed E-state index contributed by atoms with van der Waals surface area (Å²) in [5.74, 6) is 0. The average Bonchev–Trinajstić information content (AvgIpc) is 3.04. The van der Waals surface area contributed by atoms with E-state index < -0.39 is 0 Å². The van der Waals surface area contributed by atoms with Gasteiger partial charge in [0.1, 0.15) is 0 Å². The lowest BCUT2D eigenvalue weighted by molar-refractivity contribution is 0.0831. The zero-order chi connectivity index (χ0) is 12.8. The SMILES string of the molecule is CC(NCc1cn(CCCO)nn1)C1CCCO1. The Balaban J connectivity index is 1.73. The van der Waals surface area contributed by atoms with E-state index in [0.717, 1.165) is 25.1 Å². The Morgan fingerprint density at radius 3 is 3.28 bits per heavy atom. The summed E-state index contributed by atoms with van der Waals surface area (Å²) in [7, 11) is 0. The van der Waals surface area contributed by atoms with Gasteiger partial charge in [-0.05, 0) is 26.2 Å². The van der Waals surface area contributed by atoms with Gasteiger partial charge in [0.25, 0.3) is 0 Å². The number of aliphatic hydroxyl groups is 1. The van der Waals surface area contributed by atoms with E-state index in [0.29, 0.717) is 31.7 Å². The number of hydrogen-bond donors (Lipinski definition) is 2. The highest BCUT2D eigenvalue weighted by atomic mass is 16.5. The molecule has 18 heavy (non-hydrogen) atoms. The van der Waals surface area contributed by atoms with Gasteiger partial charge in [-0.2, -0.15) is 0 Å². The Hall–Kier alpha value is -0.980. The lowest BCUT2D eigenvalue weighted by Gasteiger charge is -2.19. The third kappa shape index (κ3) is 3.76. The number of hydrogen-bond acceptors (Lipinski definition) is 5. The smallest absolute Gasteiger partial charge is 0.0964 e. The van der Waals surface area contributed by atoms with Crippen molar-refractivity contribution in [2.45, 2.75) is 51.4 Å². The molecule has 0 amide bonds. The summed E-state index contributed by atoms with van der Waals surface area (Å²) in [6, 6.07) is 0.343. The van der Waals surface area contributed by atoms with Crippen LogP contribution in [0.3, 0.4) is 0 Å². The molecule has 1 aliphatic heterocycles. The highest BCUT2D eigenvalue weighted by Gasteiger charge is 2.21. The molecular weight excluding hydrogens is 232 g/mol. The Bertz CT molecular complexity index is 350. The normalized spacial score (nSPS) is 21.3. The van der Waals surface area contributed by atoms with E-state index in [2.05, 4.69) is 22.6 Å². The molecule has 2 atom stereocenters. The van der Waals surface area contributed by atoms with Crippen LogP contribution in [0.1, 0.15) is 31.9 Å². The maximum absolute atomic E-state index is 8.74. The van der Waals surface area contributed by atoms with Crippen LogP contribution in [0.5, 0.6) is 0 Å². The van der Waals surface area contributed by atoms with Crippen molar-refractivity contribution in [1.82, 2.24) is 20.3 Å². The summed E-state index contributed by atoms with van der Waals surface area (Å²) >= 11 is 0. The standard InChI is InChI=1S/C12H22N4O2/c1-10(12-4-2-7-18-12)13-8-11-9-16(15-14-11)5-3-6-17/h9-10,12-13,17H,2-8H2,1H3. The summed E-state index contributed by atoms with van der Waals surface area (Å²) < 4.78 is 7.40. The molecule has 0 spiro atoms. The van der Waals surface area contributed by atoms with Crippen molar-refractivity contribution in [3.8, 4) is 0 Å². The van der Waals surface area contributed by atoms with Crippen molar-refractivity contribution in [3.63, 3.8) is 0 Å². The predicted molar refractivity (Wildman–Crippen MR) is 67.0 cm³/mol. The summed E-state index contributed by atoms with van der Waals surface area (Å²) in [4.78, 5) is 0. The van der Waals surface area contributed by atoms with E-state index in [9.17, 15) is 0 Å². The quantitative estimate of drug-likeness (QED) is 0.733. The topological polar surface area (TPSA) is 72.2 Å². The van der Waals surface area contributed by atoms with Gasteiger partial charge in [0.05, 0.1) is 11.8 Å². The molecule has 1 fully saturated rings. The van der Waals surface area contributed by atoms with Crippen LogP contribution in [0, 0.1) is 0 Å². The number of nitrogens with one attached hydrogen (secondary N) is 1. The minimum Gasteiger partial charge on any atom is -0.396 e. The molecule has 6 heteroatoms. The van der Waals surface area contributed by atoms with Gasteiger partial charge in [0, 0.05) is 38.5 Å². The molecule has 102 valence electrons. The number of aromatic nitrogens is 3. The van der Waals surface area contributed by atoms with Crippen LogP contribution < -0.4 is 5.32 Å². The van der Waals surface area contributed by atoms with Gasteiger partial charge in [-0.3, -0.25) is 4.68 Å². The number of aliphatic hydroxyl groups excluding tert-OH is 1. The van der Waals surface area contributed by atoms with E-state index in [1.54, 1.807) is 4.68 Å². The maximum Gasteiger partial charge on any atom is 0.0964 e. The number of ether oxygens (including phenoxy) is 1. The monoisotopic (exact) mass is 254 g/mol. The van der Waals surface area contributed by atoms with Crippen LogP contribution >= 0.6 is 0 Å². The molecule has 0 aliphatic carbocycles. The second-order valence-corrected chi connectivity index (χ2v) is 4.77. The first-order chi connectivity index (χ1) is 8.79. The van der Waals surface area contributed by atoms with Gasteiger partial charge >= 0.3 is 0 Å². The fraction of sp³-hybridized carbons (Fsp3) is 0.833. The van der Waals surface area contributed by atoms with Gasteiger partial charge < -0.3 is 15.2 Å². The molecule has 0 radical (unpaired) electrons. The molecule has 0 saturated carbocycles. The Labute approximate surface area is 107 Å². The average molecular weight is 254 g/mol. The molecule has 1 saturated heterocycles. The Morgan fingerprint density at radius 2 is 2.56 bits per heavy atom. The van der Waals surface area contributed by atoms with Crippen LogP contribution in [-0.2, 0) is 17.8 Å². The van der Waals surface area contributed by atoms with Crippen molar-refractivity contribution in [3.05, 3.63) is 11.9 Å². The van der Waals surface area contributed by atoms with Crippen molar-refractivity contribution in [1.29, 1.82) is 0 Å². The summed E-state index contributed by atoms with van der Waals surface area (Å²) in [5, 5.41) is 20.3. The van der Waals surface area contributed by atoms with Crippen LogP contribution in [0.25, 0.3) is 0 Å². The van der Waals surface area contributed by atoms with E-state index in [1.807, 2.05) is 6.20 Å². The first kappa shape index (κ1) is 13.5. The molecular formula is C12H22N4O2. The molecule has 0 aromatic carbocycles. The van der Waals surface area contributed by atoms with Gasteiger partial charge in [0.2, 0.25) is 0 Å². The summed E-state index contributed by atoms with van der Waals surface area (Å²) in [5.41, 5.74) is 0.929. The van der Waals surface area contributed by atoms with E-state index >= 15 is 0 Å². The van der Waals surface area contributed by atoms with Gasteiger partial charge in [-0.15, -0.1) is 5.10 Å². The molecule has 2 rings (SSSR count). The molecule has 2 heterocycles. The third-order valence-electron chi connectivity index (χ3n) is 3.26. The fourth-order valence-electron chi connectivity index (χ4n) is 2.16. The van der Waals surface area contributed by atoms with Crippen molar-refractivity contribution < 1.29 is 9.84 Å². The molecule has 1 aromatic rings. The maximum atomic E-state index is 8.74. The van der Waals surface area contributed by atoms with Crippen LogP contribution in [-0.4, -0.2) is 45.5 Å². The van der Waals surface area contributed by atoms with Crippen LogP contribution in [0.2, 0.25) is 0 Å². The Morgan fingerprint density at radius 1 is 1.67 bits per heavy atom. The second-order valence-electron chi connectivity index (χ2n) is 4.77. The first-order valence-corrected chi connectivity index (χ1v) is 6.64. The largest absolute Gasteiger partial charge is 0.396 e. The van der Waals surface area contributed by atoms with Crippen LogP contribution in [0.15, 0.2) is 6.20 Å². The minimum atomic E-state index is 0.184. The van der Waals surface area contributed by atoms with Crippen molar-refractivity contribution >= 4 is 0 Å².